The Kier molecular flexibility index (Phi) is 4.13. The highest BCUT2D eigenvalue weighted by molar-refractivity contribution is 5.31. The molecule has 0 aliphatic carbocycles. The third-order valence-corrected chi connectivity index (χ3v) is 4.39. The van der Waals surface area contributed by atoms with E-state index >= 15 is 0 Å². The minimum atomic E-state index is -0.314. The van der Waals surface area contributed by atoms with Crippen molar-refractivity contribution in [1.82, 2.24) is 19.7 Å². The number of benzene rings is 1. The highest BCUT2D eigenvalue weighted by Crippen LogP contribution is 2.34. The summed E-state index contributed by atoms with van der Waals surface area (Å²) in [4.78, 5) is 2.25. The number of β-amino-alcohol motifs (C(OH)–C–C–N with tert-alkyl or cyclic N) is 1. The van der Waals surface area contributed by atoms with Crippen LogP contribution in [0.25, 0.3) is 0 Å². The lowest BCUT2D eigenvalue weighted by Crippen LogP contribution is -2.26. The number of ether oxygens (including phenoxy) is 1. The first kappa shape index (κ1) is 15.0. The van der Waals surface area contributed by atoms with Gasteiger partial charge >= 0.3 is 0 Å². The maximum Gasteiger partial charge on any atom is 0.146 e. The van der Waals surface area contributed by atoms with E-state index in [1.54, 1.807) is 7.11 Å². The van der Waals surface area contributed by atoms with E-state index < -0.39 is 0 Å². The number of methoxy groups -OCH3 is 1. The molecule has 118 valence electrons. The van der Waals surface area contributed by atoms with Crippen LogP contribution in [0.5, 0.6) is 5.75 Å². The summed E-state index contributed by atoms with van der Waals surface area (Å²) < 4.78 is 7.30. The number of aliphatic hydroxyl groups is 1. The summed E-state index contributed by atoms with van der Waals surface area (Å²) in [6.45, 7) is 3.26. The number of hydrogen-bond acceptors (Lipinski definition) is 5. The van der Waals surface area contributed by atoms with E-state index in [2.05, 4.69) is 21.2 Å². The van der Waals surface area contributed by atoms with Gasteiger partial charge in [-0.3, -0.25) is 4.90 Å². The second kappa shape index (κ2) is 6.06. The smallest absolute Gasteiger partial charge is 0.146 e. The molecule has 1 fully saturated rings. The number of rotatable bonds is 4. The Bertz CT molecular complexity index is 655. The molecule has 6 nitrogen and oxygen atoms in total. The first-order chi connectivity index (χ1) is 10.6. The van der Waals surface area contributed by atoms with Gasteiger partial charge in [-0.1, -0.05) is 12.1 Å². The molecule has 0 amide bonds. The van der Waals surface area contributed by atoms with E-state index in [1.165, 1.54) is 0 Å². The topological polar surface area (TPSA) is 63.4 Å². The van der Waals surface area contributed by atoms with Crippen LogP contribution in [0.1, 0.15) is 29.7 Å². The van der Waals surface area contributed by atoms with Crippen molar-refractivity contribution < 1.29 is 9.84 Å². The molecule has 3 rings (SSSR count). The van der Waals surface area contributed by atoms with Crippen LogP contribution in [-0.2, 0) is 13.6 Å². The molecule has 1 aliphatic heterocycles. The second-order valence-corrected chi connectivity index (χ2v) is 5.83. The van der Waals surface area contributed by atoms with E-state index in [4.69, 9.17) is 4.74 Å². The van der Waals surface area contributed by atoms with Gasteiger partial charge in [0, 0.05) is 19.6 Å². The highest BCUT2D eigenvalue weighted by atomic mass is 16.5. The molecule has 2 heterocycles. The average molecular weight is 302 g/mol. The maximum atomic E-state index is 10.1. The Morgan fingerprint density at radius 1 is 1.36 bits per heavy atom. The number of aromatic nitrogens is 3. The molecule has 1 aliphatic rings. The zero-order valence-electron chi connectivity index (χ0n) is 13.2. The molecular formula is C16H22N4O2. The summed E-state index contributed by atoms with van der Waals surface area (Å²) in [5, 5.41) is 18.4. The van der Waals surface area contributed by atoms with Gasteiger partial charge in [0.05, 0.1) is 19.8 Å². The third-order valence-electron chi connectivity index (χ3n) is 4.39. The van der Waals surface area contributed by atoms with E-state index in [0.29, 0.717) is 13.1 Å². The Morgan fingerprint density at radius 3 is 2.86 bits per heavy atom. The van der Waals surface area contributed by atoms with Gasteiger partial charge in [0.25, 0.3) is 0 Å². The van der Waals surface area contributed by atoms with Crippen LogP contribution in [0, 0.1) is 6.92 Å². The highest BCUT2D eigenvalue weighted by Gasteiger charge is 2.33. The quantitative estimate of drug-likeness (QED) is 0.926. The van der Waals surface area contributed by atoms with Crippen molar-refractivity contribution >= 4 is 0 Å². The zero-order valence-corrected chi connectivity index (χ0v) is 13.2. The Labute approximate surface area is 130 Å². The molecule has 0 bridgehead atoms. The van der Waals surface area contributed by atoms with Gasteiger partial charge in [-0.15, -0.1) is 10.2 Å². The standard InChI is InChI=1S/C16H22N4O2/c1-11-17-18-16(19(11)2)10-20-9-13(21)8-15(20)12-5-4-6-14(7-12)22-3/h4-7,13,15,21H,8-10H2,1-3H3/t13-,15-/m0/s1. The molecule has 2 aromatic rings. The summed E-state index contributed by atoms with van der Waals surface area (Å²) in [5.74, 6) is 2.65. The fourth-order valence-corrected chi connectivity index (χ4v) is 3.02. The van der Waals surface area contributed by atoms with Crippen molar-refractivity contribution in [1.29, 1.82) is 0 Å². The van der Waals surface area contributed by atoms with Crippen molar-refractivity contribution in [3.63, 3.8) is 0 Å². The van der Waals surface area contributed by atoms with Crippen molar-refractivity contribution in [2.45, 2.75) is 32.0 Å². The monoisotopic (exact) mass is 302 g/mol. The molecule has 1 aromatic heterocycles. The maximum absolute atomic E-state index is 10.1. The van der Waals surface area contributed by atoms with Gasteiger partial charge in [0.2, 0.25) is 0 Å². The molecule has 2 atom stereocenters. The second-order valence-electron chi connectivity index (χ2n) is 5.83. The average Bonchev–Trinajstić information content (AvgIpc) is 3.04. The molecule has 0 spiro atoms. The van der Waals surface area contributed by atoms with Crippen molar-refractivity contribution in [3.05, 3.63) is 41.5 Å². The Balaban J connectivity index is 1.84. The third kappa shape index (κ3) is 2.84. The predicted molar refractivity (Wildman–Crippen MR) is 82.5 cm³/mol. The normalized spacial score (nSPS) is 22.2. The van der Waals surface area contributed by atoms with Crippen LogP contribution < -0.4 is 4.74 Å². The SMILES string of the molecule is COc1cccc([C@@H]2C[C@H](O)CN2Cc2nnc(C)n2C)c1. The van der Waals surface area contributed by atoms with Gasteiger partial charge < -0.3 is 14.4 Å². The molecule has 6 heteroatoms. The Hall–Kier alpha value is -1.92. The fraction of sp³-hybridized carbons (Fsp3) is 0.500. The van der Waals surface area contributed by atoms with Crippen LogP contribution in [0.2, 0.25) is 0 Å². The summed E-state index contributed by atoms with van der Waals surface area (Å²) in [7, 11) is 3.64. The molecule has 1 saturated heterocycles. The first-order valence-electron chi connectivity index (χ1n) is 7.49. The van der Waals surface area contributed by atoms with Crippen LogP contribution in [0.15, 0.2) is 24.3 Å². The lowest BCUT2D eigenvalue weighted by molar-refractivity contribution is 0.171. The lowest BCUT2D eigenvalue weighted by Gasteiger charge is -2.24. The van der Waals surface area contributed by atoms with Crippen LogP contribution in [0.3, 0.4) is 0 Å². The van der Waals surface area contributed by atoms with E-state index in [9.17, 15) is 5.11 Å². The molecule has 1 aromatic carbocycles. The number of aryl methyl sites for hydroxylation is 1. The summed E-state index contributed by atoms with van der Waals surface area (Å²) in [5.41, 5.74) is 1.16. The fourth-order valence-electron chi connectivity index (χ4n) is 3.02. The molecule has 0 unspecified atom stereocenters. The predicted octanol–water partition coefficient (Wildman–Crippen LogP) is 1.44. The molecule has 22 heavy (non-hydrogen) atoms. The van der Waals surface area contributed by atoms with E-state index in [-0.39, 0.29) is 12.1 Å². The minimum Gasteiger partial charge on any atom is -0.497 e. The Morgan fingerprint density at radius 2 is 2.18 bits per heavy atom. The van der Waals surface area contributed by atoms with E-state index in [1.807, 2.05) is 36.7 Å². The number of aliphatic hydroxyl groups excluding tert-OH is 1. The van der Waals surface area contributed by atoms with Crippen molar-refractivity contribution in [2.24, 2.45) is 7.05 Å². The number of hydrogen-bond donors (Lipinski definition) is 1. The van der Waals surface area contributed by atoms with Gasteiger partial charge in [-0.2, -0.15) is 0 Å². The van der Waals surface area contributed by atoms with Crippen molar-refractivity contribution in [3.8, 4) is 5.75 Å². The molecule has 1 N–H and O–H groups in total. The number of likely N-dealkylation sites (tertiary alicyclic amines) is 1. The lowest BCUT2D eigenvalue weighted by atomic mass is 10.0. The van der Waals surface area contributed by atoms with Gasteiger partial charge in [0.15, 0.2) is 0 Å². The largest absolute Gasteiger partial charge is 0.497 e. The summed E-state index contributed by atoms with van der Waals surface area (Å²) in [6.07, 6.45) is 0.412. The van der Waals surface area contributed by atoms with Gasteiger partial charge in [-0.25, -0.2) is 0 Å². The summed E-state index contributed by atoms with van der Waals surface area (Å²) in [6, 6.07) is 8.22. The minimum absolute atomic E-state index is 0.169. The summed E-state index contributed by atoms with van der Waals surface area (Å²) >= 11 is 0. The van der Waals surface area contributed by atoms with Crippen molar-refractivity contribution in [2.75, 3.05) is 13.7 Å². The molecular weight excluding hydrogens is 280 g/mol. The van der Waals surface area contributed by atoms with E-state index in [0.717, 1.165) is 29.4 Å². The van der Waals surface area contributed by atoms with Crippen LogP contribution >= 0.6 is 0 Å². The van der Waals surface area contributed by atoms with Crippen LogP contribution in [0.4, 0.5) is 0 Å². The molecule has 0 saturated carbocycles. The number of nitrogens with zero attached hydrogens (tertiary/aromatic N) is 4. The molecule has 0 radical (unpaired) electrons. The van der Waals surface area contributed by atoms with Gasteiger partial charge in [-0.05, 0) is 31.0 Å². The van der Waals surface area contributed by atoms with Crippen LogP contribution in [-0.4, -0.2) is 44.5 Å². The zero-order chi connectivity index (χ0) is 15.7. The first-order valence-corrected chi connectivity index (χ1v) is 7.49. The van der Waals surface area contributed by atoms with Gasteiger partial charge in [0.1, 0.15) is 17.4 Å².